The van der Waals surface area contributed by atoms with E-state index >= 15 is 0 Å². The first kappa shape index (κ1) is 31.2. The molecule has 3 amide bonds. The van der Waals surface area contributed by atoms with Crippen LogP contribution in [0.5, 0.6) is 0 Å². The minimum atomic E-state index is -1.24. The summed E-state index contributed by atoms with van der Waals surface area (Å²) in [5.74, 6) is -2.52. The third-order valence-electron chi connectivity index (χ3n) is 9.10. The normalized spacial score (nSPS) is 28.0. The molecular weight excluding hydrogens is 610 g/mol. The van der Waals surface area contributed by atoms with Gasteiger partial charge < -0.3 is 24.5 Å². The van der Waals surface area contributed by atoms with Crippen LogP contribution in [0.3, 0.4) is 0 Å². The van der Waals surface area contributed by atoms with Crippen molar-refractivity contribution >= 4 is 39.3 Å². The maximum Gasteiger partial charge on any atom is 0.253 e. The van der Waals surface area contributed by atoms with Gasteiger partial charge in [0.2, 0.25) is 11.8 Å². The number of halogens is 1. The van der Waals surface area contributed by atoms with Crippen LogP contribution in [0.25, 0.3) is 0 Å². The summed E-state index contributed by atoms with van der Waals surface area (Å²) in [6.45, 7) is 13.9. The summed E-state index contributed by atoms with van der Waals surface area (Å²) in [6, 6.07) is 13.9. The smallest absolute Gasteiger partial charge is 0.253 e. The van der Waals surface area contributed by atoms with Gasteiger partial charge in [0.25, 0.3) is 5.91 Å². The van der Waals surface area contributed by atoms with Crippen molar-refractivity contribution in [1.82, 2.24) is 9.80 Å². The molecule has 9 heteroatoms. The van der Waals surface area contributed by atoms with E-state index in [-0.39, 0.29) is 35.7 Å². The number of hydrogen-bond donors (Lipinski definition) is 1. The lowest BCUT2D eigenvalue weighted by molar-refractivity contribution is -0.147. The second-order valence-corrected chi connectivity index (χ2v) is 13.1. The van der Waals surface area contributed by atoms with Crippen molar-refractivity contribution in [2.24, 2.45) is 11.8 Å². The van der Waals surface area contributed by atoms with Crippen molar-refractivity contribution in [2.45, 2.75) is 62.4 Å². The summed E-state index contributed by atoms with van der Waals surface area (Å²) in [4.78, 5) is 48.1. The Morgan fingerprint density at radius 1 is 1.14 bits per heavy atom. The number of anilines is 1. The average molecular weight is 651 g/mol. The monoisotopic (exact) mass is 649 g/mol. The topological polar surface area (TPSA) is 90.4 Å². The molecule has 8 nitrogen and oxygen atoms in total. The first-order valence-electron chi connectivity index (χ1n) is 14.8. The molecule has 1 spiro atoms. The molecule has 2 aromatic rings. The van der Waals surface area contributed by atoms with E-state index in [0.29, 0.717) is 19.5 Å². The van der Waals surface area contributed by atoms with E-state index in [4.69, 9.17) is 4.74 Å². The maximum atomic E-state index is 14.8. The van der Waals surface area contributed by atoms with Gasteiger partial charge in [0.1, 0.15) is 11.6 Å². The molecule has 0 radical (unpaired) electrons. The third kappa shape index (κ3) is 5.25. The van der Waals surface area contributed by atoms with Crippen molar-refractivity contribution in [3.05, 3.63) is 90.5 Å². The van der Waals surface area contributed by atoms with Gasteiger partial charge in [-0.2, -0.15) is 0 Å². The summed E-state index contributed by atoms with van der Waals surface area (Å²) in [5, 5.41) is 10.3. The summed E-state index contributed by atoms with van der Waals surface area (Å²) < 4.78 is 6.72. The molecule has 3 aliphatic heterocycles. The number of carbonyl (C=O) groups excluding carboxylic acids is 3. The lowest BCUT2D eigenvalue weighted by atomic mass is 9.70. The Hall–Kier alpha value is -3.27. The van der Waals surface area contributed by atoms with Crippen molar-refractivity contribution in [3.63, 3.8) is 0 Å². The number of hydrogen-bond acceptors (Lipinski definition) is 5. The molecule has 2 bridgehead atoms. The lowest BCUT2D eigenvalue weighted by Gasteiger charge is -2.39. The minimum Gasteiger partial charge on any atom is -0.394 e. The highest BCUT2D eigenvalue weighted by Crippen LogP contribution is 2.61. The van der Waals surface area contributed by atoms with Gasteiger partial charge in [0.05, 0.1) is 30.6 Å². The number of ether oxygens (including phenoxy) is 1. The molecule has 0 aromatic heterocycles. The molecule has 5 rings (SSSR count). The number of alkyl halides is 1. The van der Waals surface area contributed by atoms with E-state index in [1.54, 1.807) is 28.9 Å². The number of nitrogens with zero attached hydrogens (tertiary/aromatic N) is 3. The van der Waals surface area contributed by atoms with E-state index in [1.807, 2.05) is 62.4 Å². The molecule has 1 N–H and O–H groups in total. The second-order valence-electron chi connectivity index (χ2n) is 12.0. The fourth-order valence-corrected chi connectivity index (χ4v) is 8.13. The van der Waals surface area contributed by atoms with Gasteiger partial charge >= 0.3 is 0 Å². The highest BCUT2D eigenvalue weighted by Gasteiger charge is 2.77. The van der Waals surface area contributed by atoms with Crippen LogP contribution in [-0.2, 0) is 25.7 Å². The van der Waals surface area contributed by atoms with Crippen LogP contribution < -0.4 is 4.90 Å². The number of likely N-dealkylation sites (tertiary alicyclic amines) is 1. The fraction of sp³-hybridized carbons (Fsp3) is 0.441. The first-order chi connectivity index (χ1) is 20.6. The van der Waals surface area contributed by atoms with Gasteiger partial charge in [-0.3, -0.25) is 14.4 Å². The van der Waals surface area contributed by atoms with E-state index < -0.39 is 35.6 Å². The van der Waals surface area contributed by atoms with Gasteiger partial charge in [-0.1, -0.05) is 70.5 Å². The minimum absolute atomic E-state index is 0.208. The quantitative estimate of drug-likeness (QED) is 0.292. The van der Waals surface area contributed by atoms with Crippen LogP contribution in [0.2, 0.25) is 0 Å². The third-order valence-corrected chi connectivity index (χ3v) is 9.94. The number of rotatable bonds is 11. The van der Waals surface area contributed by atoms with Crippen LogP contribution in [0, 0.1) is 25.7 Å². The van der Waals surface area contributed by atoms with Gasteiger partial charge in [-0.25, -0.2) is 0 Å². The highest BCUT2D eigenvalue weighted by molar-refractivity contribution is 9.09. The Morgan fingerprint density at radius 2 is 1.84 bits per heavy atom. The van der Waals surface area contributed by atoms with Crippen molar-refractivity contribution < 1.29 is 24.2 Å². The molecule has 3 fully saturated rings. The van der Waals surface area contributed by atoms with Crippen LogP contribution in [0.4, 0.5) is 5.69 Å². The fourth-order valence-electron chi connectivity index (χ4n) is 7.19. The average Bonchev–Trinajstić information content (AvgIpc) is 3.59. The number of benzene rings is 2. The highest BCUT2D eigenvalue weighted by atomic mass is 79.9. The summed E-state index contributed by atoms with van der Waals surface area (Å²) in [5.41, 5.74) is 2.35. The Morgan fingerprint density at radius 3 is 2.49 bits per heavy atom. The summed E-state index contributed by atoms with van der Waals surface area (Å²) in [6.07, 6.45) is 3.14. The molecule has 3 heterocycles. The molecule has 0 saturated carbocycles. The second kappa shape index (κ2) is 12.4. The number of aryl methyl sites for hydroxylation is 2. The number of aliphatic hydroxyl groups excluding tert-OH is 1. The number of fused-ring (bicyclic) bond motifs is 1. The SMILES string of the molecule is C=CCN(Cc1ccccc1)C(=O)[C@H]1[C@@H]2OC3(CC2Br)C(C(=O)N(CC=C)c2cc(C)ccc2C)N([C@H](C)CO)C(=O)[C@H]13. The summed E-state index contributed by atoms with van der Waals surface area (Å²) in [7, 11) is 0. The number of aliphatic hydroxyl groups is 1. The van der Waals surface area contributed by atoms with Gasteiger partial charge in [-0.05, 0) is 49.9 Å². The van der Waals surface area contributed by atoms with Crippen molar-refractivity contribution in [3.8, 4) is 0 Å². The maximum absolute atomic E-state index is 14.8. The molecule has 2 aromatic carbocycles. The zero-order valence-electron chi connectivity index (χ0n) is 25.0. The molecule has 3 unspecified atom stereocenters. The molecular formula is C34H40BrN3O5. The number of amides is 3. The standard InChI is InChI=1S/C34H40BrN3O5/c1-6-15-36(19-24-11-9-8-10-12-24)31(40)27-28-32(41)38(23(5)20-39)30(34(28)18-25(35)29(27)43-34)33(42)37(16-7-2)26-17-21(3)13-14-22(26)4/h6-14,17,23,25,27-30,39H,1-2,15-16,18-20H2,3-5H3/t23-,25?,27-,28+,29-,30?,34?/m1/s1. The molecule has 7 atom stereocenters. The Balaban J connectivity index is 1.58. The van der Waals surface area contributed by atoms with Crippen LogP contribution in [0.1, 0.15) is 30.0 Å². The number of carbonyl (C=O) groups is 3. The Kier molecular flexibility index (Phi) is 8.97. The molecule has 3 saturated heterocycles. The van der Waals surface area contributed by atoms with Gasteiger partial charge in [-0.15, -0.1) is 13.2 Å². The van der Waals surface area contributed by atoms with Crippen molar-refractivity contribution in [1.29, 1.82) is 0 Å². The zero-order chi connectivity index (χ0) is 31.1. The summed E-state index contributed by atoms with van der Waals surface area (Å²) >= 11 is 3.76. The van der Waals surface area contributed by atoms with Crippen LogP contribution in [0.15, 0.2) is 73.8 Å². The molecule has 228 valence electrons. The van der Waals surface area contributed by atoms with Crippen molar-refractivity contribution in [2.75, 3.05) is 24.6 Å². The Labute approximate surface area is 262 Å². The molecule has 0 aliphatic carbocycles. The van der Waals surface area contributed by atoms with E-state index in [1.165, 1.54) is 4.90 Å². The molecule has 3 aliphatic rings. The van der Waals surface area contributed by atoms with E-state index in [0.717, 1.165) is 22.4 Å². The van der Waals surface area contributed by atoms with Crippen LogP contribution in [-0.4, -0.2) is 80.9 Å². The largest absolute Gasteiger partial charge is 0.394 e. The van der Waals surface area contributed by atoms with E-state index in [9.17, 15) is 19.5 Å². The first-order valence-corrected chi connectivity index (χ1v) is 15.7. The van der Waals surface area contributed by atoms with Gasteiger partial charge in [0, 0.05) is 30.1 Å². The zero-order valence-corrected chi connectivity index (χ0v) is 26.6. The lowest BCUT2D eigenvalue weighted by Crippen LogP contribution is -2.59. The molecule has 43 heavy (non-hydrogen) atoms. The van der Waals surface area contributed by atoms with Gasteiger partial charge in [0.15, 0.2) is 0 Å². The predicted octanol–water partition coefficient (Wildman–Crippen LogP) is 4.17. The predicted molar refractivity (Wildman–Crippen MR) is 170 cm³/mol. The van der Waals surface area contributed by atoms with E-state index in [2.05, 4.69) is 29.1 Å². The Bertz CT molecular complexity index is 1420. The van der Waals surface area contributed by atoms with Crippen LogP contribution >= 0.6 is 15.9 Å².